The number of nitrogens with zero attached hydrogens (tertiary/aromatic N) is 3. The Morgan fingerprint density at radius 3 is 2.88 bits per heavy atom. The third-order valence-corrected chi connectivity index (χ3v) is 5.15. The second-order valence-electron chi connectivity index (χ2n) is 7.38. The zero-order valence-electron chi connectivity index (χ0n) is 15.7. The number of H-pyrrole nitrogens is 1. The van der Waals surface area contributed by atoms with Crippen molar-refractivity contribution in [1.82, 2.24) is 25.1 Å². The van der Waals surface area contributed by atoms with Crippen molar-refractivity contribution in [2.24, 2.45) is 0 Å². The summed E-state index contributed by atoms with van der Waals surface area (Å²) in [5.41, 5.74) is 3.14. The van der Waals surface area contributed by atoms with Crippen LogP contribution in [0.3, 0.4) is 0 Å². The number of carbonyl (C=O) groups excluding carboxylic acids is 1. The summed E-state index contributed by atoms with van der Waals surface area (Å²) in [5.74, 6) is 0.849. The van der Waals surface area contributed by atoms with E-state index in [2.05, 4.69) is 45.1 Å². The third kappa shape index (κ3) is 4.38. The first kappa shape index (κ1) is 17.9. The molecule has 2 aromatic rings. The topological polar surface area (TPSA) is 64.3 Å². The van der Waals surface area contributed by atoms with Crippen LogP contribution in [0.4, 0.5) is 0 Å². The Morgan fingerprint density at radius 1 is 1.44 bits per heavy atom. The molecule has 1 aliphatic rings. The number of hydrogen-bond donors (Lipinski definition) is 2. The van der Waals surface area contributed by atoms with Crippen LogP contribution in [-0.4, -0.2) is 65.4 Å². The number of amides is 1. The predicted molar refractivity (Wildman–Crippen MR) is 101 cm³/mol. The summed E-state index contributed by atoms with van der Waals surface area (Å²) in [6.07, 6.45) is 2.25. The number of nitrogens with one attached hydrogen (secondary N) is 2. The minimum absolute atomic E-state index is 0.0468. The molecule has 2 N–H and O–H groups in total. The van der Waals surface area contributed by atoms with E-state index in [0.717, 1.165) is 42.8 Å². The Bertz CT molecular complexity index is 732. The molecule has 1 unspecified atom stereocenters. The van der Waals surface area contributed by atoms with Crippen LogP contribution < -0.4 is 5.32 Å². The van der Waals surface area contributed by atoms with Crippen LogP contribution in [0.15, 0.2) is 18.2 Å². The standard InChI is InChI=1S/C19H29N5O/c1-13-5-6-16-17(11-13)22-19(21-16)14(2)20-18(25)12-24(4)15-7-9-23(3)10-8-15/h5-6,11,14-15H,7-10,12H2,1-4H3,(H,20,25)(H,21,22). The molecule has 6 heteroatoms. The van der Waals surface area contributed by atoms with Crippen molar-refractivity contribution in [3.63, 3.8) is 0 Å². The van der Waals surface area contributed by atoms with Crippen LogP contribution in [0.1, 0.15) is 37.2 Å². The molecule has 0 saturated carbocycles. The molecule has 1 aromatic heterocycles. The van der Waals surface area contributed by atoms with Crippen molar-refractivity contribution in [2.45, 2.75) is 38.8 Å². The van der Waals surface area contributed by atoms with Crippen LogP contribution in [0, 0.1) is 6.92 Å². The number of imidazole rings is 1. The van der Waals surface area contributed by atoms with Gasteiger partial charge in [0.15, 0.2) is 0 Å². The lowest BCUT2D eigenvalue weighted by atomic mass is 10.0. The molecule has 1 amide bonds. The first-order valence-electron chi connectivity index (χ1n) is 9.07. The van der Waals surface area contributed by atoms with Gasteiger partial charge in [-0.15, -0.1) is 0 Å². The molecule has 2 heterocycles. The van der Waals surface area contributed by atoms with Gasteiger partial charge in [-0.05, 0) is 71.6 Å². The molecule has 1 atom stereocenters. The third-order valence-electron chi connectivity index (χ3n) is 5.15. The molecule has 3 rings (SSSR count). The minimum atomic E-state index is -0.133. The molecular weight excluding hydrogens is 314 g/mol. The maximum absolute atomic E-state index is 12.4. The van der Waals surface area contributed by atoms with E-state index in [1.54, 1.807) is 0 Å². The van der Waals surface area contributed by atoms with Crippen LogP contribution in [-0.2, 0) is 4.79 Å². The number of aromatic nitrogens is 2. The maximum Gasteiger partial charge on any atom is 0.234 e. The highest BCUT2D eigenvalue weighted by Gasteiger charge is 2.23. The molecule has 1 aliphatic heterocycles. The highest BCUT2D eigenvalue weighted by Crippen LogP contribution is 2.18. The number of likely N-dealkylation sites (tertiary alicyclic amines) is 1. The average molecular weight is 343 g/mol. The number of aromatic amines is 1. The summed E-state index contributed by atoms with van der Waals surface area (Å²) in [6, 6.07) is 6.49. The lowest BCUT2D eigenvalue weighted by Gasteiger charge is -2.34. The van der Waals surface area contributed by atoms with E-state index in [1.807, 2.05) is 26.1 Å². The molecule has 25 heavy (non-hydrogen) atoms. The number of fused-ring (bicyclic) bond motifs is 1. The van der Waals surface area contributed by atoms with Gasteiger partial charge in [-0.2, -0.15) is 0 Å². The zero-order chi connectivity index (χ0) is 18.0. The van der Waals surface area contributed by atoms with Crippen molar-refractivity contribution >= 4 is 16.9 Å². The SMILES string of the molecule is Cc1ccc2nc(C(C)NC(=O)CN(C)C3CCN(C)CC3)[nH]c2c1. The molecule has 0 bridgehead atoms. The van der Waals surface area contributed by atoms with Crippen molar-refractivity contribution in [1.29, 1.82) is 0 Å². The molecule has 0 spiro atoms. The van der Waals surface area contributed by atoms with Gasteiger partial charge in [-0.3, -0.25) is 9.69 Å². The fourth-order valence-electron chi connectivity index (χ4n) is 3.50. The quantitative estimate of drug-likeness (QED) is 0.872. The summed E-state index contributed by atoms with van der Waals surface area (Å²) in [7, 11) is 4.20. The largest absolute Gasteiger partial charge is 0.345 e. The van der Waals surface area contributed by atoms with Crippen LogP contribution in [0.5, 0.6) is 0 Å². The van der Waals surface area contributed by atoms with Gasteiger partial charge >= 0.3 is 0 Å². The lowest BCUT2D eigenvalue weighted by Crippen LogP contribution is -2.46. The number of rotatable bonds is 5. The van der Waals surface area contributed by atoms with Gasteiger partial charge in [0.25, 0.3) is 0 Å². The number of benzene rings is 1. The first-order chi connectivity index (χ1) is 11.9. The van der Waals surface area contributed by atoms with E-state index in [9.17, 15) is 4.79 Å². The first-order valence-corrected chi connectivity index (χ1v) is 9.07. The van der Waals surface area contributed by atoms with E-state index in [1.165, 1.54) is 5.56 Å². The summed E-state index contributed by atoms with van der Waals surface area (Å²) < 4.78 is 0. The van der Waals surface area contributed by atoms with Crippen LogP contribution in [0.2, 0.25) is 0 Å². The summed E-state index contributed by atoms with van der Waals surface area (Å²) in [6.45, 7) is 6.66. The van der Waals surface area contributed by atoms with E-state index in [0.29, 0.717) is 12.6 Å². The Hall–Kier alpha value is -1.92. The average Bonchev–Trinajstić information content (AvgIpc) is 2.98. The van der Waals surface area contributed by atoms with Gasteiger partial charge < -0.3 is 15.2 Å². The summed E-state index contributed by atoms with van der Waals surface area (Å²) >= 11 is 0. The van der Waals surface area contributed by atoms with Crippen molar-refractivity contribution < 1.29 is 4.79 Å². The molecule has 0 aliphatic carbocycles. The van der Waals surface area contributed by atoms with E-state index in [4.69, 9.17) is 0 Å². The van der Waals surface area contributed by atoms with Crippen molar-refractivity contribution in [3.8, 4) is 0 Å². The fourth-order valence-corrected chi connectivity index (χ4v) is 3.50. The Kier molecular flexibility index (Phi) is 5.39. The smallest absolute Gasteiger partial charge is 0.234 e. The fraction of sp³-hybridized carbons (Fsp3) is 0.579. The molecule has 0 radical (unpaired) electrons. The molecule has 1 fully saturated rings. The Labute approximate surface area is 149 Å². The second kappa shape index (κ2) is 7.54. The van der Waals surface area contributed by atoms with Crippen LogP contribution in [0.25, 0.3) is 11.0 Å². The van der Waals surface area contributed by atoms with Crippen molar-refractivity contribution in [3.05, 3.63) is 29.6 Å². The van der Waals surface area contributed by atoms with Gasteiger partial charge in [0, 0.05) is 6.04 Å². The summed E-state index contributed by atoms with van der Waals surface area (Å²) in [5, 5.41) is 3.07. The molecule has 1 saturated heterocycles. The number of likely N-dealkylation sites (N-methyl/N-ethyl adjacent to an activating group) is 1. The Morgan fingerprint density at radius 2 is 2.16 bits per heavy atom. The highest BCUT2D eigenvalue weighted by molar-refractivity contribution is 5.79. The second-order valence-corrected chi connectivity index (χ2v) is 7.38. The molecule has 136 valence electrons. The van der Waals surface area contributed by atoms with Gasteiger partial charge in [0.1, 0.15) is 5.82 Å². The normalized spacial score (nSPS) is 18.0. The van der Waals surface area contributed by atoms with Gasteiger partial charge in [-0.25, -0.2) is 4.98 Å². The summed E-state index contributed by atoms with van der Waals surface area (Å²) in [4.78, 5) is 24.8. The number of hydrogen-bond acceptors (Lipinski definition) is 4. The molecule has 1 aromatic carbocycles. The number of carbonyl (C=O) groups is 1. The Balaban J connectivity index is 1.56. The highest BCUT2D eigenvalue weighted by atomic mass is 16.2. The van der Waals surface area contributed by atoms with E-state index < -0.39 is 0 Å². The van der Waals surface area contributed by atoms with E-state index in [-0.39, 0.29) is 11.9 Å². The predicted octanol–water partition coefficient (Wildman–Crippen LogP) is 2.07. The zero-order valence-corrected chi connectivity index (χ0v) is 15.7. The molecular formula is C19H29N5O. The van der Waals surface area contributed by atoms with Crippen LogP contribution >= 0.6 is 0 Å². The van der Waals surface area contributed by atoms with Crippen molar-refractivity contribution in [2.75, 3.05) is 33.7 Å². The number of piperidine rings is 1. The van der Waals surface area contributed by atoms with Gasteiger partial charge in [0.2, 0.25) is 5.91 Å². The van der Waals surface area contributed by atoms with E-state index >= 15 is 0 Å². The monoisotopic (exact) mass is 343 g/mol. The maximum atomic E-state index is 12.4. The lowest BCUT2D eigenvalue weighted by molar-refractivity contribution is -0.123. The molecule has 6 nitrogen and oxygen atoms in total. The minimum Gasteiger partial charge on any atom is -0.345 e. The van der Waals surface area contributed by atoms with Gasteiger partial charge in [0.05, 0.1) is 23.6 Å². The van der Waals surface area contributed by atoms with Gasteiger partial charge in [-0.1, -0.05) is 6.07 Å². The number of aryl methyl sites for hydroxylation is 1.